The van der Waals surface area contributed by atoms with Gasteiger partial charge >= 0.3 is 0 Å². The van der Waals surface area contributed by atoms with Crippen LogP contribution in [0.15, 0.2) is 164 Å². The molecule has 0 fully saturated rings. The standard InChI is InChI=1S/C47H34N6O2/c1-30(2)46-42(54-32-18-20-36-34-12-3-5-14-38(34)52(40(36)28-32)44-16-7-9-22-48-44)26-31(47-50-24-11-25-51-47)27-43(46)55-33-19-21-37-35-13-4-6-15-39(35)53(41(37)29-33)45-17-8-10-23-49-45/h3-30H,1-2H3. The lowest BCUT2D eigenvalue weighted by Crippen LogP contribution is -2.01. The highest BCUT2D eigenvalue weighted by Crippen LogP contribution is 2.44. The van der Waals surface area contributed by atoms with E-state index in [1.807, 2.05) is 79.1 Å². The number of aromatic nitrogens is 6. The minimum Gasteiger partial charge on any atom is -0.457 e. The first-order valence-corrected chi connectivity index (χ1v) is 18.3. The molecule has 8 heteroatoms. The normalized spacial score (nSPS) is 11.6. The van der Waals surface area contributed by atoms with Gasteiger partial charge in [-0.25, -0.2) is 19.9 Å². The number of para-hydroxylation sites is 2. The van der Waals surface area contributed by atoms with Crippen LogP contribution >= 0.6 is 0 Å². The molecule has 0 aliphatic heterocycles. The van der Waals surface area contributed by atoms with Crippen LogP contribution in [-0.2, 0) is 0 Å². The van der Waals surface area contributed by atoms with Gasteiger partial charge in [0.15, 0.2) is 5.82 Å². The molecular weight excluding hydrogens is 681 g/mol. The number of ether oxygens (including phenoxy) is 2. The molecule has 0 unspecified atom stereocenters. The van der Waals surface area contributed by atoms with E-state index in [1.165, 1.54) is 0 Å². The molecule has 5 heterocycles. The molecule has 0 spiro atoms. The molecule has 10 aromatic rings. The highest BCUT2D eigenvalue weighted by molar-refractivity contribution is 6.10. The maximum Gasteiger partial charge on any atom is 0.159 e. The van der Waals surface area contributed by atoms with Crippen molar-refractivity contribution in [1.82, 2.24) is 29.1 Å². The summed E-state index contributed by atoms with van der Waals surface area (Å²) in [7, 11) is 0. The zero-order valence-electron chi connectivity index (χ0n) is 30.2. The summed E-state index contributed by atoms with van der Waals surface area (Å²) in [4.78, 5) is 18.6. The number of rotatable bonds is 8. The molecule has 264 valence electrons. The lowest BCUT2D eigenvalue weighted by Gasteiger charge is -2.20. The van der Waals surface area contributed by atoms with Crippen LogP contribution in [0.25, 0.3) is 66.6 Å². The Morgan fingerprint density at radius 2 is 0.891 bits per heavy atom. The average molecular weight is 715 g/mol. The second-order valence-corrected chi connectivity index (χ2v) is 13.8. The third-order valence-corrected chi connectivity index (χ3v) is 10.0. The Balaban J connectivity index is 1.13. The zero-order chi connectivity index (χ0) is 36.9. The van der Waals surface area contributed by atoms with Gasteiger partial charge in [-0.05, 0) is 84.8 Å². The van der Waals surface area contributed by atoms with E-state index in [2.05, 4.69) is 106 Å². The first kappa shape index (κ1) is 32.3. The van der Waals surface area contributed by atoms with E-state index in [4.69, 9.17) is 19.4 Å². The number of nitrogens with zero attached hydrogens (tertiary/aromatic N) is 6. The zero-order valence-corrected chi connectivity index (χ0v) is 30.2. The molecule has 5 aromatic heterocycles. The maximum atomic E-state index is 6.91. The fourth-order valence-corrected chi connectivity index (χ4v) is 7.66. The predicted octanol–water partition coefficient (Wildman–Crippen LogP) is 11.8. The van der Waals surface area contributed by atoms with E-state index in [-0.39, 0.29) is 5.92 Å². The van der Waals surface area contributed by atoms with E-state index in [9.17, 15) is 0 Å². The quantitative estimate of drug-likeness (QED) is 0.156. The van der Waals surface area contributed by atoms with E-state index < -0.39 is 0 Å². The van der Waals surface area contributed by atoms with Gasteiger partial charge in [0.2, 0.25) is 0 Å². The maximum absolute atomic E-state index is 6.91. The van der Waals surface area contributed by atoms with Crippen LogP contribution in [0.3, 0.4) is 0 Å². The van der Waals surface area contributed by atoms with Crippen molar-refractivity contribution in [2.45, 2.75) is 19.8 Å². The molecule has 0 atom stereocenters. The summed E-state index contributed by atoms with van der Waals surface area (Å²) in [6.07, 6.45) is 7.13. The molecule has 0 N–H and O–H groups in total. The smallest absolute Gasteiger partial charge is 0.159 e. The Morgan fingerprint density at radius 3 is 1.36 bits per heavy atom. The van der Waals surface area contributed by atoms with Crippen LogP contribution in [0.4, 0.5) is 0 Å². The number of benzene rings is 5. The van der Waals surface area contributed by atoms with Gasteiger partial charge in [0.05, 0.1) is 22.1 Å². The highest BCUT2D eigenvalue weighted by atomic mass is 16.5. The van der Waals surface area contributed by atoms with Crippen LogP contribution in [0.1, 0.15) is 25.3 Å². The van der Waals surface area contributed by atoms with E-state index in [0.717, 1.165) is 66.4 Å². The van der Waals surface area contributed by atoms with Crippen molar-refractivity contribution in [3.8, 4) is 46.0 Å². The number of pyridine rings is 2. The van der Waals surface area contributed by atoms with Crippen molar-refractivity contribution < 1.29 is 9.47 Å². The molecule has 0 radical (unpaired) electrons. The fraction of sp³-hybridized carbons (Fsp3) is 0.0638. The second-order valence-electron chi connectivity index (χ2n) is 13.8. The topological polar surface area (TPSA) is 79.9 Å². The van der Waals surface area contributed by atoms with Crippen LogP contribution in [-0.4, -0.2) is 29.1 Å². The Bertz CT molecular complexity index is 2830. The fourth-order valence-electron chi connectivity index (χ4n) is 7.66. The Labute approximate surface area is 316 Å². The molecule has 10 rings (SSSR count). The highest BCUT2D eigenvalue weighted by Gasteiger charge is 2.22. The van der Waals surface area contributed by atoms with E-state index in [0.29, 0.717) is 28.8 Å². The van der Waals surface area contributed by atoms with E-state index in [1.54, 1.807) is 12.4 Å². The van der Waals surface area contributed by atoms with Gasteiger partial charge in [0.25, 0.3) is 0 Å². The van der Waals surface area contributed by atoms with Crippen LogP contribution in [0.2, 0.25) is 0 Å². The second kappa shape index (κ2) is 13.3. The summed E-state index contributed by atoms with van der Waals surface area (Å²) in [5.74, 6) is 5.00. The summed E-state index contributed by atoms with van der Waals surface area (Å²) in [6, 6.07) is 47.0. The molecule has 0 saturated carbocycles. The Hall–Kier alpha value is -7.32. The lowest BCUT2D eigenvalue weighted by atomic mass is 9.98. The monoisotopic (exact) mass is 714 g/mol. The van der Waals surface area contributed by atoms with Gasteiger partial charge in [0, 0.05) is 69.6 Å². The first-order chi connectivity index (χ1) is 27.1. The molecule has 5 aromatic carbocycles. The van der Waals surface area contributed by atoms with Gasteiger partial charge in [-0.15, -0.1) is 0 Å². The molecule has 0 bridgehead atoms. The summed E-state index contributed by atoms with van der Waals surface area (Å²) in [6.45, 7) is 4.30. The van der Waals surface area contributed by atoms with Crippen LogP contribution in [0.5, 0.6) is 23.0 Å². The first-order valence-electron chi connectivity index (χ1n) is 18.3. The number of fused-ring (bicyclic) bond motifs is 6. The molecule has 0 amide bonds. The summed E-state index contributed by atoms with van der Waals surface area (Å²) >= 11 is 0. The summed E-state index contributed by atoms with van der Waals surface area (Å²) in [5.41, 5.74) is 5.86. The third kappa shape index (κ3) is 5.63. The molecule has 55 heavy (non-hydrogen) atoms. The van der Waals surface area contributed by atoms with Crippen molar-refractivity contribution in [2.24, 2.45) is 0 Å². The molecule has 0 aliphatic rings. The van der Waals surface area contributed by atoms with Gasteiger partial charge in [0.1, 0.15) is 34.6 Å². The van der Waals surface area contributed by atoms with Crippen molar-refractivity contribution in [3.05, 3.63) is 170 Å². The number of hydrogen-bond acceptors (Lipinski definition) is 6. The van der Waals surface area contributed by atoms with Gasteiger partial charge in [-0.3, -0.25) is 9.13 Å². The van der Waals surface area contributed by atoms with Crippen molar-refractivity contribution >= 4 is 43.6 Å². The molecular formula is C47H34N6O2. The van der Waals surface area contributed by atoms with Crippen molar-refractivity contribution in [1.29, 1.82) is 0 Å². The van der Waals surface area contributed by atoms with Crippen molar-refractivity contribution in [3.63, 3.8) is 0 Å². The SMILES string of the molecule is CC(C)c1c(Oc2ccc3c4ccccc4n(-c4ccccn4)c3c2)cc(-c2ncccn2)cc1Oc1ccc2c3ccccc3n(-c3ccccn3)c2c1. The predicted molar refractivity (Wildman–Crippen MR) is 219 cm³/mol. The summed E-state index contributed by atoms with van der Waals surface area (Å²) < 4.78 is 18.2. The Kier molecular flexibility index (Phi) is 7.80. The largest absolute Gasteiger partial charge is 0.457 e. The Morgan fingerprint density at radius 1 is 0.436 bits per heavy atom. The summed E-state index contributed by atoms with van der Waals surface area (Å²) in [5, 5.41) is 4.53. The molecule has 8 nitrogen and oxygen atoms in total. The van der Waals surface area contributed by atoms with Crippen LogP contribution in [0, 0.1) is 0 Å². The van der Waals surface area contributed by atoms with Crippen LogP contribution < -0.4 is 9.47 Å². The van der Waals surface area contributed by atoms with E-state index >= 15 is 0 Å². The van der Waals surface area contributed by atoms with Gasteiger partial charge < -0.3 is 9.47 Å². The minimum absolute atomic E-state index is 0.0446. The molecule has 0 saturated heterocycles. The van der Waals surface area contributed by atoms with Crippen molar-refractivity contribution in [2.75, 3.05) is 0 Å². The third-order valence-electron chi connectivity index (χ3n) is 10.0. The minimum atomic E-state index is 0.0446. The molecule has 0 aliphatic carbocycles. The average Bonchev–Trinajstić information content (AvgIpc) is 3.73. The lowest BCUT2D eigenvalue weighted by molar-refractivity contribution is 0.445. The van der Waals surface area contributed by atoms with Gasteiger partial charge in [-0.2, -0.15) is 0 Å². The number of hydrogen-bond donors (Lipinski definition) is 0. The van der Waals surface area contributed by atoms with Gasteiger partial charge in [-0.1, -0.05) is 62.4 Å².